The number of carbonyl (C=O) groups is 1. The van der Waals surface area contributed by atoms with E-state index in [-0.39, 0.29) is 5.91 Å². The van der Waals surface area contributed by atoms with Crippen molar-refractivity contribution in [3.63, 3.8) is 0 Å². The maximum atomic E-state index is 12.9. The molecule has 31 heavy (non-hydrogen) atoms. The second kappa shape index (κ2) is 11.0. The van der Waals surface area contributed by atoms with Gasteiger partial charge in [-0.2, -0.15) is 0 Å². The van der Waals surface area contributed by atoms with Gasteiger partial charge in [0.1, 0.15) is 12.1 Å². The summed E-state index contributed by atoms with van der Waals surface area (Å²) >= 11 is 1.45. The van der Waals surface area contributed by atoms with E-state index < -0.39 is 0 Å². The zero-order valence-corrected chi connectivity index (χ0v) is 19.2. The molecule has 1 aliphatic carbocycles. The molecule has 8 heteroatoms. The highest BCUT2D eigenvalue weighted by Crippen LogP contribution is 2.25. The lowest BCUT2D eigenvalue weighted by Gasteiger charge is -2.28. The first-order valence-electron chi connectivity index (χ1n) is 11.4. The molecule has 0 atom stereocenters. The molecule has 2 aliphatic rings. The molecule has 1 saturated carbocycles. The average Bonchev–Trinajstić information content (AvgIpc) is 3.16. The van der Waals surface area contributed by atoms with Crippen LogP contribution in [0.4, 0.5) is 0 Å². The van der Waals surface area contributed by atoms with Crippen LogP contribution in [0.3, 0.4) is 0 Å². The van der Waals surface area contributed by atoms with Crippen LogP contribution in [0.25, 0.3) is 5.69 Å². The topological polar surface area (TPSA) is 63.5 Å². The monoisotopic (exact) mass is 443 g/mol. The van der Waals surface area contributed by atoms with Gasteiger partial charge in [-0.3, -0.25) is 9.36 Å². The molecule has 1 amide bonds. The molecule has 2 fully saturated rings. The SMILES string of the molecule is COc1ccc(-n2cnnc2SCC(=O)N2CCCN(CC3CCCCC3)CC2)cc1. The second-order valence-electron chi connectivity index (χ2n) is 8.51. The van der Waals surface area contributed by atoms with Crippen molar-refractivity contribution in [2.24, 2.45) is 5.92 Å². The quantitative estimate of drug-likeness (QED) is 0.611. The highest BCUT2D eigenvalue weighted by atomic mass is 32.2. The summed E-state index contributed by atoms with van der Waals surface area (Å²) in [5.74, 6) is 2.24. The minimum atomic E-state index is 0.189. The van der Waals surface area contributed by atoms with Crippen LogP contribution < -0.4 is 4.74 Å². The number of hydrogen-bond acceptors (Lipinski definition) is 6. The fourth-order valence-corrected chi connectivity index (χ4v) is 5.43. The van der Waals surface area contributed by atoms with E-state index in [2.05, 4.69) is 15.1 Å². The lowest BCUT2D eigenvalue weighted by atomic mass is 9.89. The van der Waals surface area contributed by atoms with E-state index in [1.54, 1.807) is 13.4 Å². The van der Waals surface area contributed by atoms with Gasteiger partial charge in [0.2, 0.25) is 5.91 Å². The Morgan fingerprint density at radius 3 is 2.65 bits per heavy atom. The fourth-order valence-electron chi connectivity index (χ4n) is 4.60. The van der Waals surface area contributed by atoms with E-state index in [1.165, 1.54) is 50.4 Å². The Labute approximate surface area is 189 Å². The lowest BCUT2D eigenvalue weighted by Crippen LogP contribution is -2.37. The van der Waals surface area contributed by atoms with E-state index in [1.807, 2.05) is 33.7 Å². The summed E-state index contributed by atoms with van der Waals surface area (Å²) in [6, 6.07) is 7.74. The zero-order valence-electron chi connectivity index (χ0n) is 18.4. The van der Waals surface area contributed by atoms with E-state index in [0.29, 0.717) is 5.75 Å². The number of hydrogen-bond donors (Lipinski definition) is 0. The van der Waals surface area contributed by atoms with Crippen molar-refractivity contribution in [3.8, 4) is 11.4 Å². The molecule has 0 spiro atoms. The van der Waals surface area contributed by atoms with Crippen molar-refractivity contribution in [3.05, 3.63) is 30.6 Å². The largest absolute Gasteiger partial charge is 0.497 e. The van der Waals surface area contributed by atoms with Crippen molar-refractivity contribution in [2.75, 3.05) is 45.6 Å². The molecule has 2 aromatic rings. The number of aromatic nitrogens is 3. The number of carbonyl (C=O) groups excluding carboxylic acids is 1. The van der Waals surface area contributed by atoms with Gasteiger partial charge in [0.25, 0.3) is 0 Å². The molecule has 1 aromatic carbocycles. The third-order valence-electron chi connectivity index (χ3n) is 6.37. The standard InChI is InChI=1S/C23H33N5O2S/c1-30-21-10-8-20(9-11-21)28-18-24-25-23(28)31-17-22(29)27-13-5-12-26(14-15-27)16-19-6-3-2-4-7-19/h8-11,18-19H,2-7,12-17H2,1H3. The molecule has 0 bridgehead atoms. The van der Waals surface area contributed by atoms with Crippen LogP contribution in [0, 0.1) is 5.92 Å². The van der Waals surface area contributed by atoms with Crippen LogP contribution in [0.5, 0.6) is 5.75 Å². The Kier molecular flexibility index (Phi) is 7.86. The Hall–Kier alpha value is -2.06. The van der Waals surface area contributed by atoms with Crippen molar-refractivity contribution < 1.29 is 9.53 Å². The van der Waals surface area contributed by atoms with E-state index >= 15 is 0 Å². The predicted molar refractivity (Wildman–Crippen MR) is 123 cm³/mol. The van der Waals surface area contributed by atoms with Crippen molar-refractivity contribution in [2.45, 2.75) is 43.7 Å². The van der Waals surface area contributed by atoms with E-state index in [9.17, 15) is 4.79 Å². The van der Waals surface area contributed by atoms with Crippen molar-refractivity contribution in [1.29, 1.82) is 0 Å². The predicted octanol–water partition coefficient (Wildman–Crippen LogP) is 3.48. The average molecular weight is 444 g/mol. The first-order chi connectivity index (χ1) is 15.2. The van der Waals surface area contributed by atoms with Crippen LogP contribution in [0.1, 0.15) is 38.5 Å². The molecule has 0 radical (unpaired) electrons. The van der Waals surface area contributed by atoms with Gasteiger partial charge in [-0.05, 0) is 56.0 Å². The third kappa shape index (κ3) is 6.01. The maximum absolute atomic E-state index is 12.9. The number of rotatable bonds is 7. The molecule has 1 aliphatic heterocycles. The molecule has 1 saturated heterocycles. The number of benzene rings is 1. The Morgan fingerprint density at radius 2 is 1.87 bits per heavy atom. The summed E-state index contributed by atoms with van der Waals surface area (Å²) in [6.07, 6.45) is 9.69. The molecule has 168 valence electrons. The smallest absolute Gasteiger partial charge is 0.233 e. The summed E-state index contributed by atoms with van der Waals surface area (Å²) in [7, 11) is 1.65. The minimum absolute atomic E-state index is 0.189. The summed E-state index contributed by atoms with van der Waals surface area (Å²) in [5.41, 5.74) is 0.953. The maximum Gasteiger partial charge on any atom is 0.233 e. The van der Waals surface area contributed by atoms with Gasteiger partial charge in [-0.25, -0.2) is 0 Å². The second-order valence-corrected chi connectivity index (χ2v) is 9.45. The zero-order chi connectivity index (χ0) is 21.5. The number of ether oxygens (including phenoxy) is 1. The Bertz CT molecular complexity index is 835. The lowest BCUT2D eigenvalue weighted by molar-refractivity contribution is -0.128. The summed E-state index contributed by atoms with van der Waals surface area (Å²) < 4.78 is 7.13. The van der Waals surface area contributed by atoms with Gasteiger partial charge in [0.15, 0.2) is 5.16 Å². The van der Waals surface area contributed by atoms with Crippen LogP contribution in [0.15, 0.2) is 35.7 Å². The van der Waals surface area contributed by atoms with Gasteiger partial charge in [-0.1, -0.05) is 31.0 Å². The molecule has 1 aromatic heterocycles. The first kappa shape index (κ1) is 22.1. The number of nitrogens with zero attached hydrogens (tertiary/aromatic N) is 5. The number of methoxy groups -OCH3 is 1. The van der Waals surface area contributed by atoms with Crippen molar-refractivity contribution in [1.82, 2.24) is 24.6 Å². The van der Waals surface area contributed by atoms with E-state index in [4.69, 9.17) is 4.74 Å². The highest BCUT2D eigenvalue weighted by molar-refractivity contribution is 7.99. The molecule has 4 rings (SSSR count). The number of amides is 1. The van der Waals surface area contributed by atoms with Crippen LogP contribution in [0.2, 0.25) is 0 Å². The van der Waals surface area contributed by atoms with Gasteiger partial charge < -0.3 is 14.5 Å². The highest BCUT2D eigenvalue weighted by Gasteiger charge is 2.22. The molecule has 7 nitrogen and oxygen atoms in total. The van der Waals surface area contributed by atoms with Gasteiger partial charge in [-0.15, -0.1) is 10.2 Å². The Morgan fingerprint density at radius 1 is 1.06 bits per heavy atom. The van der Waals surface area contributed by atoms with Crippen molar-refractivity contribution >= 4 is 17.7 Å². The molecular formula is C23H33N5O2S. The third-order valence-corrected chi connectivity index (χ3v) is 7.30. The van der Waals surface area contributed by atoms with E-state index in [0.717, 1.165) is 55.1 Å². The first-order valence-corrected chi connectivity index (χ1v) is 12.4. The Balaban J connectivity index is 1.27. The van der Waals surface area contributed by atoms with Gasteiger partial charge in [0.05, 0.1) is 12.9 Å². The minimum Gasteiger partial charge on any atom is -0.497 e. The molecule has 2 heterocycles. The number of thioether (sulfide) groups is 1. The normalized spacial score (nSPS) is 18.7. The summed E-state index contributed by atoms with van der Waals surface area (Å²) in [6.45, 7) is 5.00. The van der Waals surface area contributed by atoms with Crippen LogP contribution in [-0.2, 0) is 4.79 Å². The summed E-state index contributed by atoms with van der Waals surface area (Å²) in [4.78, 5) is 17.5. The van der Waals surface area contributed by atoms with Crippen LogP contribution >= 0.6 is 11.8 Å². The molecular weight excluding hydrogens is 410 g/mol. The summed E-state index contributed by atoms with van der Waals surface area (Å²) in [5, 5.41) is 8.98. The molecule has 0 N–H and O–H groups in total. The van der Waals surface area contributed by atoms with Gasteiger partial charge in [0, 0.05) is 31.9 Å². The van der Waals surface area contributed by atoms with Crippen LogP contribution in [-0.4, -0.2) is 76.1 Å². The van der Waals surface area contributed by atoms with Gasteiger partial charge >= 0.3 is 0 Å². The fraction of sp³-hybridized carbons (Fsp3) is 0.609. The molecule has 0 unspecified atom stereocenters.